The molecule has 0 aliphatic heterocycles. The van der Waals surface area contributed by atoms with E-state index in [9.17, 15) is 0 Å². The summed E-state index contributed by atoms with van der Waals surface area (Å²) in [7, 11) is -1.12. The molecule has 0 aliphatic rings. The zero-order valence-electron chi connectivity index (χ0n) is 9.45. The molecule has 0 saturated heterocycles. The van der Waals surface area contributed by atoms with Gasteiger partial charge in [-0.3, -0.25) is 5.73 Å². The molecular formula is C11H17N2SSi+. The van der Waals surface area contributed by atoms with E-state index in [1.807, 2.05) is 0 Å². The Hall–Kier alpha value is -0.873. The maximum atomic E-state index is 6.06. The Morgan fingerprint density at radius 3 is 2.60 bits per heavy atom. The first kappa shape index (κ1) is 10.6. The van der Waals surface area contributed by atoms with Gasteiger partial charge in [0.25, 0.3) is 0 Å². The fourth-order valence-electron chi connectivity index (χ4n) is 1.69. The second kappa shape index (κ2) is 3.61. The van der Waals surface area contributed by atoms with Gasteiger partial charge in [-0.2, -0.15) is 0 Å². The van der Waals surface area contributed by atoms with Gasteiger partial charge in [0, 0.05) is 0 Å². The third-order valence-corrected chi connectivity index (χ3v) is 4.53. The summed E-state index contributed by atoms with van der Waals surface area (Å²) in [5, 5.41) is 0.929. The molecule has 2 nitrogen and oxygen atoms in total. The van der Waals surface area contributed by atoms with Gasteiger partial charge in [-0.25, -0.2) is 4.57 Å². The van der Waals surface area contributed by atoms with Gasteiger partial charge in [0.05, 0.1) is 18.9 Å². The fourth-order valence-corrected chi connectivity index (χ4v) is 4.02. The van der Waals surface area contributed by atoms with E-state index in [4.69, 9.17) is 5.73 Å². The van der Waals surface area contributed by atoms with Crippen molar-refractivity contribution in [3.8, 4) is 0 Å². The Morgan fingerprint density at radius 1 is 1.27 bits per heavy atom. The van der Waals surface area contributed by atoms with Crippen LogP contribution in [0.3, 0.4) is 0 Å². The highest BCUT2D eigenvalue weighted by molar-refractivity contribution is 7.21. The molecule has 0 spiro atoms. The molecule has 0 aliphatic carbocycles. The average Bonchev–Trinajstić information content (AvgIpc) is 2.41. The van der Waals surface area contributed by atoms with E-state index in [0.717, 1.165) is 11.3 Å². The Kier molecular flexibility index (Phi) is 2.56. The normalized spacial score (nSPS) is 12.2. The number of nitrogens with two attached hydrogens (primary N) is 1. The van der Waals surface area contributed by atoms with Crippen molar-refractivity contribution in [2.75, 3.05) is 5.73 Å². The monoisotopic (exact) mass is 237 g/mol. The third-order valence-electron chi connectivity index (χ3n) is 2.27. The van der Waals surface area contributed by atoms with Crippen LogP contribution in [0.2, 0.25) is 19.6 Å². The van der Waals surface area contributed by atoms with E-state index in [2.05, 4.69) is 48.5 Å². The summed E-state index contributed by atoms with van der Waals surface area (Å²) in [6.07, 6.45) is 1.10. The number of hydrogen-bond acceptors (Lipinski definition) is 2. The molecule has 0 unspecified atom stereocenters. The van der Waals surface area contributed by atoms with E-state index in [1.54, 1.807) is 11.3 Å². The van der Waals surface area contributed by atoms with Crippen molar-refractivity contribution in [2.45, 2.75) is 25.8 Å². The van der Waals surface area contributed by atoms with Crippen LogP contribution in [0.1, 0.15) is 0 Å². The van der Waals surface area contributed by atoms with Gasteiger partial charge in [-0.1, -0.05) is 31.8 Å². The van der Waals surface area contributed by atoms with Crippen LogP contribution in [0.25, 0.3) is 10.2 Å². The van der Waals surface area contributed by atoms with Crippen molar-refractivity contribution < 1.29 is 4.57 Å². The Balaban J connectivity index is 2.54. The molecule has 80 valence electrons. The van der Waals surface area contributed by atoms with Gasteiger partial charge >= 0.3 is 5.13 Å². The number of fused-ring (bicyclic) bond motifs is 1. The van der Waals surface area contributed by atoms with Gasteiger partial charge in [-0.05, 0) is 23.5 Å². The molecule has 1 heterocycles. The van der Waals surface area contributed by atoms with Crippen molar-refractivity contribution in [2.24, 2.45) is 0 Å². The highest BCUT2D eigenvalue weighted by Crippen LogP contribution is 2.22. The number of nitrogen functional groups attached to an aromatic ring is 1. The first-order valence-corrected chi connectivity index (χ1v) is 9.66. The number of aromatic nitrogens is 1. The molecule has 0 saturated carbocycles. The van der Waals surface area contributed by atoms with Crippen LogP contribution >= 0.6 is 11.3 Å². The lowest BCUT2D eigenvalue weighted by Gasteiger charge is -2.13. The molecule has 0 fully saturated rings. The minimum absolute atomic E-state index is 0.929. The molecule has 0 bridgehead atoms. The summed E-state index contributed by atoms with van der Waals surface area (Å²) in [6, 6.07) is 8.44. The number of benzene rings is 1. The summed E-state index contributed by atoms with van der Waals surface area (Å²) >= 11 is 1.68. The molecule has 0 amide bonds. The Morgan fingerprint density at radius 2 is 1.93 bits per heavy atom. The van der Waals surface area contributed by atoms with Crippen LogP contribution < -0.4 is 10.3 Å². The highest BCUT2D eigenvalue weighted by Gasteiger charge is 2.22. The van der Waals surface area contributed by atoms with Gasteiger partial charge < -0.3 is 0 Å². The van der Waals surface area contributed by atoms with Gasteiger partial charge in [0.1, 0.15) is 5.52 Å². The topological polar surface area (TPSA) is 29.9 Å². The van der Waals surface area contributed by atoms with Crippen LogP contribution in [-0.4, -0.2) is 8.07 Å². The molecule has 2 aromatic rings. The standard InChI is InChI=1S/C11H16N2SSi/c1-15(2,3)8-13-9-6-4-5-7-10(9)14-11(13)12/h4-7,12H,8H2,1-3H3/p+1. The van der Waals surface area contributed by atoms with Crippen LogP contribution in [0.5, 0.6) is 0 Å². The van der Waals surface area contributed by atoms with E-state index >= 15 is 0 Å². The van der Waals surface area contributed by atoms with Crippen LogP contribution in [0.4, 0.5) is 5.13 Å². The predicted molar refractivity (Wildman–Crippen MR) is 69.8 cm³/mol. The number of anilines is 1. The summed E-state index contributed by atoms with van der Waals surface area (Å²) in [5.74, 6) is 0. The van der Waals surface area contributed by atoms with Crippen LogP contribution in [0, 0.1) is 0 Å². The van der Waals surface area contributed by atoms with E-state index < -0.39 is 8.07 Å². The van der Waals surface area contributed by atoms with Gasteiger partial charge in [0.15, 0.2) is 0 Å². The summed E-state index contributed by atoms with van der Waals surface area (Å²) < 4.78 is 3.56. The molecular weight excluding hydrogens is 220 g/mol. The molecule has 0 atom stereocenters. The summed E-state index contributed by atoms with van der Waals surface area (Å²) in [5.41, 5.74) is 7.34. The lowest BCUT2D eigenvalue weighted by molar-refractivity contribution is -0.636. The lowest BCUT2D eigenvalue weighted by atomic mass is 10.3. The maximum absolute atomic E-state index is 6.06. The SMILES string of the molecule is C[Si](C)(C)C[n+]1c(N)sc2ccccc21. The first-order valence-electron chi connectivity index (χ1n) is 5.14. The molecule has 2 N–H and O–H groups in total. The van der Waals surface area contributed by atoms with Crippen LogP contribution in [0.15, 0.2) is 24.3 Å². The number of thiazole rings is 1. The minimum atomic E-state index is -1.12. The van der Waals surface area contributed by atoms with Crippen LogP contribution in [-0.2, 0) is 6.17 Å². The number of rotatable bonds is 2. The molecule has 1 aromatic heterocycles. The number of hydrogen-bond donors (Lipinski definition) is 1. The molecule has 2 rings (SSSR count). The molecule has 1 aromatic carbocycles. The second-order valence-corrected chi connectivity index (χ2v) is 11.6. The van der Waals surface area contributed by atoms with E-state index in [-0.39, 0.29) is 0 Å². The molecule has 4 heteroatoms. The predicted octanol–water partition coefficient (Wildman–Crippen LogP) is 2.65. The fraction of sp³-hybridized carbons (Fsp3) is 0.364. The maximum Gasteiger partial charge on any atom is 0.332 e. The molecule has 0 radical (unpaired) electrons. The first-order chi connectivity index (χ1) is 6.97. The van der Waals surface area contributed by atoms with Gasteiger partial charge in [0.2, 0.25) is 0 Å². The smallest absolute Gasteiger partial charge is 0.278 e. The van der Waals surface area contributed by atoms with Gasteiger partial charge in [-0.15, -0.1) is 0 Å². The average molecular weight is 237 g/mol. The van der Waals surface area contributed by atoms with Crippen molar-refractivity contribution in [3.05, 3.63) is 24.3 Å². The zero-order valence-corrected chi connectivity index (χ0v) is 11.3. The highest BCUT2D eigenvalue weighted by atomic mass is 32.1. The van der Waals surface area contributed by atoms with Crippen molar-refractivity contribution in [3.63, 3.8) is 0 Å². The summed E-state index contributed by atoms with van der Waals surface area (Å²) in [4.78, 5) is 0. The zero-order chi connectivity index (χ0) is 11.1. The number of para-hydroxylation sites is 1. The number of nitrogens with zero attached hydrogens (tertiary/aromatic N) is 1. The van der Waals surface area contributed by atoms with E-state index in [1.165, 1.54) is 10.2 Å². The quantitative estimate of drug-likeness (QED) is 0.631. The lowest BCUT2D eigenvalue weighted by Crippen LogP contribution is -2.46. The Labute approximate surface area is 95.4 Å². The molecule has 15 heavy (non-hydrogen) atoms. The largest absolute Gasteiger partial charge is 0.332 e. The summed E-state index contributed by atoms with van der Waals surface area (Å²) in [6.45, 7) is 7.10. The van der Waals surface area contributed by atoms with E-state index in [0.29, 0.717) is 0 Å². The Bertz CT molecular complexity index is 485. The van der Waals surface area contributed by atoms with Crippen molar-refractivity contribution in [1.82, 2.24) is 0 Å². The van der Waals surface area contributed by atoms with Crippen molar-refractivity contribution in [1.29, 1.82) is 0 Å². The second-order valence-electron chi connectivity index (χ2n) is 5.05. The minimum Gasteiger partial charge on any atom is -0.278 e. The third kappa shape index (κ3) is 2.21. The van der Waals surface area contributed by atoms with Crippen molar-refractivity contribution >= 4 is 34.8 Å².